The van der Waals surface area contributed by atoms with Gasteiger partial charge in [0.1, 0.15) is 22.7 Å². The zero-order chi connectivity index (χ0) is 26.0. The van der Waals surface area contributed by atoms with Gasteiger partial charge in [0.15, 0.2) is 0 Å². The molecule has 0 aliphatic carbocycles. The highest BCUT2D eigenvalue weighted by Crippen LogP contribution is 2.33. The van der Waals surface area contributed by atoms with E-state index < -0.39 is 5.54 Å². The Balaban J connectivity index is 1.49. The number of carbonyl (C=O) groups excluding carboxylic acids is 2. The number of carbonyl (C=O) groups is 2. The highest BCUT2D eigenvalue weighted by Gasteiger charge is 2.47. The van der Waals surface area contributed by atoms with Gasteiger partial charge in [-0.3, -0.25) is 9.59 Å². The van der Waals surface area contributed by atoms with Crippen molar-refractivity contribution in [3.63, 3.8) is 0 Å². The molecule has 1 aliphatic rings. The van der Waals surface area contributed by atoms with Gasteiger partial charge in [-0.15, -0.1) is 0 Å². The van der Waals surface area contributed by atoms with E-state index in [1.54, 1.807) is 19.1 Å². The van der Waals surface area contributed by atoms with Crippen LogP contribution in [0.3, 0.4) is 0 Å². The summed E-state index contributed by atoms with van der Waals surface area (Å²) in [7, 11) is 3.24. The lowest BCUT2D eigenvalue weighted by molar-refractivity contribution is -0.133. The first-order valence-electron chi connectivity index (χ1n) is 12.4. The van der Waals surface area contributed by atoms with E-state index in [1.165, 1.54) is 0 Å². The van der Waals surface area contributed by atoms with Crippen LogP contribution in [0.5, 0.6) is 11.5 Å². The number of ether oxygens (including phenoxy) is 2. The zero-order valence-electron chi connectivity index (χ0n) is 21.4. The minimum absolute atomic E-state index is 0.165. The molecule has 0 saturated carbocycles. The normalized spacial score (nSPS) is 16.9. The Kier molecular flexibility index (Phi) is 6.61. The molecule has 1 atom stereocenters. The Hall–Kier alpha value is -4.26. The number of aromatic nitrogens is 1. The first-order chi connectivity index (χ1) is 17.9. The van der Waals surface area contributed by atoms with E-state index in [1.807, 2.05) is 90.4 Å². The van der Waals surface area contributed by atoms with Gasteiger partial charge in [-0.25, -0.2) is 0 Å². The van der Waals surface area contributed by atoms with Gasteiger partial charge >= 0.3 is 0 Å². The standard InChI is InChI=1S/C30H31N3O4/c1-30(29(35)31-19-21-9-5-4-6-10-21)20-32-25-12-8-7-11-22(25)18-26(32)28(34)33(30)16-15-23-17-24(36-2)13-14-27(23)37-3/h4-14,17-18H,15-16,19-20H2,1-3H3,(H,31,35)/t30-/m0/s1. The van der Waals surface area contributed by atoms with Gasteiger partial charge in [0.05, 0.1) is 20.8 Å². The quantitative estimate of drug-likeness (QED) is 0.391. The second kappa shape index (κ2) is 10.0. The zero-order valence-corrected chi connectivity index (χ0v) is 21.4. The summed E-state index contributed by atoms with van der Waals surface area (Å²) in [5.41, 5.74) is 2.36. The molecule has 2 heterocycles. The van der Waals surface area contributed by atoms with Gasteiger partial charge in [0.2, 0.25) is 5.91 Å². The molecule has 1 aromatic heterocycles. The third kappa shape index (κ3) is 4.53. The molecule has 0 saturated heterocycles. The van der Waals surface area contributed by atoms with Crippen LogP contribution in [0, 0.1) is 0 Å². The van der Waals surface area contributed by atoms with E-state index in [9.17, 15) is 9.59 Å². The number of hydrogen-bond acceptors (Lipinski definition) is 4. The summed E-state index contributed by atoms with van der Waals surface area (Å²) in [5, 5.41) is 4.06. The summed E-state index contributed by atoms with van der Waals surface area (Å²) in [5.74, 6) is 1.08. The van der Waals surface area contributed by atoms with Crippen LogP contribution in [0.1, 0.15) is 28.5 Å². The number of hydrogen-bond donors (Lipinski definition) is 1. The fraction of sp³-hybridized carbons (Fsp3) is 0.267. The number of fused-ring (bicyclic) bond motifs is 3. The lowest BCUT2D eigenvalue weighted by Gasteiger charge is -2.44. The molecule has 5 rings (SSSR count). The van der Waals surface area contributed by atoms with Gasteiger partial charge in [0, 0.05) is 24.0 Å². The van der Waals surface area contributed by atoms with Crippen LogP contribution in [0.2, 0.25) is 0 Å². The predicted octanol–water partition coefficient (Wildman–Crippen LogP) is 4.43. The maximum atomic E-state index is 13.9. The number of methoxy groups -OCH3 is 2. The minimum Gasteiger partial charge on any atom is -0.497 e. The third-order valence-corrected chi connectivity index (χ3v) is 7.21. The van der Waals surface area contributed by atoms with Crippen LogP contribution in [-0.2, 0) is 24.3 Å². The molecule has 2 amide bonds. The van der Waals surface area contributed by atoms with Gasteiger partial charge in [-0.2, -0.15) is 0 Å². The molecule has 0 spiro atoms. The van der Waals surface area contributed by atoms with E-state index in [0.717, 1.165) is 27.8 Å². The van der Waals surface area contributed by atoms with Gasteiger partial charge < -0.3 is 24.3 Å². The Morgan fingerprint density at radius 2 is 1.73 bits per heavy atom. The molecule has 0 radical (unpaired) electrons. The first-order valence-corrected chi connectivity index (χ1v) is 12.4. The number of amides is 2. The van der Waals surface area contributed by atoms with Crippen LogP contribution >= 0.6 is 0 Å². The van der Waals surface area contributed by atoms with Gasteiger partial charge in [-0.1, -0.05) is 48.5 Å². The number of benzene rings is 3. The summed E-state index contributed by atoms with van der Waals surface area (Å²) in [6.45, 7) is 2.95. The molecule has 0 bridgehead atoms. The van der Waals surface area contributed by atoms with E-state index in [-0.39, 0.29) is 11.8 Å². The van der Waals surface area contributed by atoms with Crippen molar-refractivity contribution in [2.75, 3.05) is 20.8 Å². The second-order valence-corrected chi connectivity index (χ2v) is 9.50. The maximum Gasteiger partial charge on any atom is 0.271 e. The predicted molar refractivity (Wildman–Crippen MR) is 143 cm³/mol. The summed E-state index contributed by atoms with van der Waals surface area (Å²) < 4.78 is 12.9. The third-order valence-electron chi connectivity index (χ3n) is 7.21. The Labute approximate surface area is 216 Å². The molecule has 1 aliphatic heterocycles. The van der Waals surface area contributed by atoms with E-state index >= 15 is 0 Å². The van der Waals surface area contributed by atoms with Crippen LogP contribution < -0.4 is 14.8 Å². The molecule has 7 nitrogen and oxygen atoms in total. The second-order valence-electron chi connectivity index (χ2n) is 9.50. The molecule has 1 N–H and O–H groups in total. The van der Waals surface area contributed by atoms with E-state index in [0.29, 0.717) is 37.5 Å². The molecule has 7 heteroatoms. The fourth-order valence-corrected chi connectivity index (χ4v) is 5.13. The van der Waals surface area contributed by atoms with E-state index in [4.69, 9.17) is 9.47 Å². The molecule has 4 aromatic rings. The molecule has 190 valence electrons. The number of nitrogens with one attached hydrogen (secondary N) is 1. The van der Waals surface area contributed by atoms with Gasteiger partial charge in [-0.05, 0) is 54.8 Å². The number of para-hydroxylation sites is 1. The molecule has 0 unspecified atom stereocenters. The lowest BCUT2D eigenvalue weighted by atomic mass is 9.93. The van der Waals surface area contributed by atoms with Crippen molar-refractivity contribution < 1.29 is 19.1 Å². The minimum atomic E-state index is -1.09. The van der Waals surface area contributed by atoms with Crippen molar-refractivity contribution in [2.45, 2.75) is 32.0 Å². The van der Waals surface area contributed by atoms with Crippen molar-refractivity contribution in [1.82, 2.24) is 14.8 Å². The van der Waals surface area contributed by atoms with Gasteiger partial charge in [0.25, 0.3) is 5.91 Å². The Morgan fingerprint density at radius 3 is 2.49 bits per heavy atom. The Bertz CT molecular complexity index is 1450. The monoisotopic (exact) mass is 497 g/mol. The number of rotatable bonds is 8. The smallest absolute Gasteiger partial charge is 0.271 e. The highest BCUT2D eigenvalue weighted by atomic mass is 16.5. The van der Waals surface area contributed by atoms with Crippen LogP contribution in [0.4, 0.5) is 0 Å². The van der Waals surface area contributed by atoms with Crippen LogP contribution in [-0.4, -0.2) is 47.6 Å². The number of nitrogens with zero attached hydrogens (tertiary/aromatic N) is 2. The van der Waals surface area contributed by atoms with Crippen molar-refractivity contribution in [1.29, 1.82) is 0 Å². The van der Waals surface area contributed by atoms with Crippen molar-refractivity contribution in [3.8, 4) is 11.5 Å². The van der Waals surface area contributed by atoms with Crippen LogP contribution in [0.25, 0.3) is 10.9 Å². The molecule has 37 heavy (non-hydrogen) atoms. The average molecular weight is 498 g/mol. The first kappa shape index (κ1) is 24.4. The topological polar surface area (TPSA) is 72.8 Å². The van der Waals surface area contributed by atoms with Crippen molar-refractivity contribution in [3.05, 3.63) is 95.7 Å². The van der Waals surface area contributed by atoms with Crippen molar-refractivity contribution in [2.24, 2.45) is 0 Å². The molecule has 0 fully saturated rings. The lowest BCUT2D eigenvalue weighted by Crippen LogP contribution is -2.64. The van der Waals surface area contributed by atoms with Crippen LogP contribution in [0.15, 0.2) is 78.9 Å². The summed E-state index contributed by atoms with van der Waals surface area (Å²) in [6.07, 6.45) is 0.508. The van der Waals surface area contributed by atoms with E-state index in [2.05, 4.69) is 5.32 Å². The summed E-state index contributed by atoms with van der Waals surface area (Å²) >= 11 is 0. The molecular weight excluding hydrogens is 466 g/mol. The SMILES string of the molecule is COc1ccc(OC)c(CCN2C(=O)c3cc4ccccc4n3C[C@@]2(C)C(=O)NCc2ccccc2)c1. The fourth-order valence-electron chi connectivity index (χ4n) is 5.13. The molecule has 3 aromatic carbocycles. The summed E-state index contributed by atoms with van der Waals surface area (Å²) in [6, 6.07) is 25.2. The maximum absolute atomic E-state index is 13.9. The molecular formula is C30H31N3O4. The Morgan fingerprint density at radius 1 is 0.973 bits per heavy atom. The largest absolute Gasteiger partial charge is 0.497 e. The summed E-state index contributed by atoms with van der Waals surface area (Å²) in [4.78, 5) is 29.4. The van der Waals surface area contributed by atoms with Crippen molar-refractivity contribution >= 4 is 22.7 Å². The average Bonchev–Trinajstić information content (AvgIpc) is 3.30. The highest BCUT2D eigenvalue weighted by molar-refractivity contribution is 6.03.